The molecule has 0 rings (SSSR count). The Balaban J connectivity index is 3.44. The van der Waals surface area contributed by atoms with Crippen LogP contribution in [-0.2, 0) is 9.53 Å². The molecule has 4 heteroatoms. The van der Waals surface area contributed by atoms with E-state index in [9.17, 15) is 9.90 Å². The number of esters is 1. The standard InChI is InChI=1S/C12H25NO3/c1-12(2,3)7-8-13-9-10(14)5-6-11(15)16-4/h10,13-14H,5-9H2,1-4H3. The number of nitrogens with one attached hydrogen (secondary N) is 1. The van der Waals surface area contributed by atoms with E-state index < -0.39 is 6.10 Å². The van der Waals surface area contributed by atoms with E-state index in [0.717, 1.165) is 13.0 Å². The normalized spacial score (nSPS) is 13.6. The molecule has 2 N–H and O–H groups in total. The lowest BCUT2D eigenvalue weighted by molar-refractivity contribution is -0.141. The van der Waals surface area contributed by atoms with E-state index in [0.29, 0.717) is 18.4 Å². The number of aliphatic hydroxyl groups excluding tert-OH is 1. The minimum Gasteiger partial charge on any atom is -0.469 e. The monoisotopic (exact) mass is 231 g/mol. The molecule has 0 aliphatic rings. The number of carbonyl (C=O) groups is 1. The van der Waals surface area contributed by atoms with Gasteiger partial charge in [-0.2, -0.15) is 0 Å². The van der Waals surface area contributed by atoms with Gasteiger partial charge in [0, 0.05) is 13.0 Å². The smallest absolute Gasteiger partial charge is 0.305 e. The Kier molecular flexibility index (Phi) is 7.34. The largest absolute Gasteiger partial charge is 0.469 e. The molecular formula is C12H25NO3. The molecule has 0 saturated heterocycles. The molecule has 0 aromatic rings. The summed E-state index contributed by atoms with van der Waals surface area (Å²) in [7, 11) is 1.36. The molecule has 0 spiro atoms. The fourth-order valence-electron chi connectivity index (χ4n) is 1.22. The first-order valence-electron chi connectivity index (χ1n) is 5.81. The van der Waals surface area contributed by atoms with Gasteiger partial charge in [-0.15, -0.1) is 0 Å². The van der Waals surface area contributed by atoms with Crippen LogP contribution in [-0.4, -0.2) is 37.4 Å². The Morgan fingerprint density at radius 2 is 2.06 bits per heavy atom. The predicted molar refractivity (Wildman–Crippen MR) is 64.2 cm³/mol. The maximum Gasteiger partial charge on any atom is 0.305 e. The van der Waals surface area contributed by atoms with E-state index in [4.69, 9.17) is 0 Å². The molecule has 0 aromatic carbocycles. The third kappa shape index (κ3) is 9.93. The minimum atomic E-state index is -0.473. The van der Waals surface area contributed by atoms with Gasteiger partial charge in [0.1, 0.15) is 0 Å². The highest BCUT2D eigenvalue weighted by Crippen LogP contribution is 2.16. The molecule has 0 aromatic heterocycles. The van der Waals surface area contributed by atoms with E-state index >= 15 is 0 Å². The Morgan fingerprint density at radius 1 is 1.44 bits per heavy atom. The lowest BCUT2D eigenvalue weighted by Crippen LogP contribution is -2.29. The molecular weight excluding hydrogens is 206 g/mol. The molecule has 0 bridgehead atoms. The Morgan fingerprint density at radius 3 is 2.56 bits per heavy atom. The topological polar surface area (TPSA) is 58.6 Å². The number of ether oxygens (including phenoxy) is 1. The van der Waals surface area contributed by atoms with Crippen LogP contribution < -0.4 is 5.32 Å². The molecule has 0 radical (unpaired) electrons. The van der Waals surface area contributed by atoms with Crippen LogP contribution in [0.2, 0.25) is 0 Å². The molecule has 4 nitrogen and oxygen atoms in total. The maximum absolute atomic E-state index is 10.8. The Labute approximate surface area is 98.4 Å². The number of rotatable bonds is 7. The molecule has 0 fully saturated rings. The molecule has 0 amide bonds. The maximum atomic E-state index is 10.8. The van der Waals surface area contributed by atoms with Gasteiger partial charge >= 0.3 is 5.97 Å². The van der Waals surface area contributed by atoms with Crippen LogP contribution >= 0.6 is 0 Å². The first kappa shape index (κ1) is 15.4. The zero-order valence-corrected chi connectivity index (χ0v) is 10.9. The number of aliphatic hydroxyl groups is 1. The summed E-state index contributed by atoms with van der Waals surface area (Å²) in [5, 5.41) is 12.7. The fraction of sp³-hybridized carbons (Fsp3) is 0.917. The van der Waals surface area contributed by atoms with Crippen molar-refractivity contribution in [2.75, 3.05) is 20.2 Å². The number of hydrogen-bond acceptors (Lipinski definition) is 4. The second-order valence-corrected chi connectivity index (χ2v) is 5.28. The van der Waals surface area contributed by atoms with E-state index in [1.54, 1.807) is 0 Å². The van der Waals surface area contributed by atoms with Gasteiger partial charge in [-0.25, -0.2) is 0 Å². The number of methoxy groups -OCH3 is 1. The molecule has 96 valence electrons. The summed E-state index contributed by atoms with van der Waals surface area (Å²) in [4.78, 5) is 10.8. The van der Waals surface area contributed by atoms with Gasteiger partial charge in [0.15, 0.2) is 0 Å². The van der Waals surface area contributed by atoms with Crippen molar-refractivity contribution in [2.45, 2.75) is 46.1 Å². The fourth-order valence-corrected chi connectivity index (χ4v) is 1.22. The average molecular weight is 231 g/mol. The summed E-state index contributed by atoms with van der Waals surface area (Å²) in [6, 6.07) is 0. The zero-order valence-electron chi connectivity index (χ0n) is 10.9. The molecule has 0 aliphatic carbocycles. The summed E-state index contributed by atoms with van der Waals surface area (Å²) in [6.07, 6.45) is 1.32. The average Bonchev–Trinajstić information content (AvgIpc) is 2.19. The molecule has 0 heterocycles. The number of carbonyl (C=O) groups excluding carboxylic acids is 1. The first-order chi connectivity index (χ1) is 7.35. The second kappa shape index (κ2) is 7.63. The number of hydrogen-bond donors (Lipinski definition) is 2. The van der Waals surface area contributed by atoms with Gasteiger partial charge in [-0.05, 0) is 24.8 Å². The molecule has 1 unspecified atom stereocenters. The minimum absolute atomic E-state index is 0.270. The SMILES string of the molecule is COC(=O)CCC(O)CNCCC(C)(C)C. The van der Waals surface area contributed by atoms with Crippen molar-refractivity contribution >= 4 is 5.97 Å². The van der Waals surface area contributed by atoms with Gasteiger partial charge in [-0.1, -0.05) is 20.8 Å². The van der Waals surface area contributed by atoms with Gasteiger partial charge in [0.25, 0.3) is 0 Å². The predicted octanol–water partition coefficient (Wildman–Crippen LogP) is 1.33. The molecule has 0 aliphatic heterocycles. The van der Waals surface area contributed by atoms with Crippen molar-refractivity contribution in [2.24, 2.45) is 5.41 Å². The van der Waals surface area contributed by atoms with Crippen LogP contribution in [0.4, 0.5) is 0 Å². The third-order valence-electron chi connectivity index (χ3n) is 2.34. The van der Waals surface area contributed by atoms with E-state index in [1.165, 1.54) is 7.11 Å². The highest BCUT2D eigenvalue weighted by atomic mass is 16.5. The van der Waals surface area contributed by atoms with Crippen LogP contribution in [0.1, 0.15) is 40.0 Å². The highest BCUT2D eigenvalue weighted by molar-refractivity contribution is 5.69. The van der Waals surface area contributed by atoms with Crippen molar-refractivity contribution in [3.05, 3.63) is 0 Å². The van der Waals surface area contributed by atoms with Gasteiger partial charge in [-0.3, -0.25) is 4.79 Å². The van der Waals surface area contributed by atoms with Crippen LogP contribution in [0.3, 0.4) is 0 Å². The van der Waals surface area contributed by atoms with Crippen molar-refractivity contribution in [3.8, 4) is 0 Å². The van der Waals surface area contributed by atoms with Crippen LogP contribution in [0, 0.1) is 5.41 Å². The summed E-state index contributed by atoms with van der Waals surface area (Å²) in [5.41, 5.74) is 0.309. The van der Waals surface area contributed by atoms with Crippen LogP contribution in [0.5, 0.6) is 0 Å². The van der Waals surface area contributed by atoms with Gasteiger partial charge < -0.3 is 15.2 Å². The third-order valence-corrected chi connectivity index (χ3v) is 2.34. The first-order valence-corrected chi connectivity index (χ1v) is 5.81. The van der Waals surface area contributed by atoms with E-state index in [1.807, 2.05) is 0 Å². The van der Waals surface area contributed by atoms with Crippen molar-refractivity contribution < 1.29 is 14.6 Å². The second-order valence-electron chi connectivity index (χ2n) is 5.28. The molecule has 0 saturated carbocycles. The Hall–Kier alpha value is -0.610. The van der Waals surface area contributed by atoms with Crippen molar-refractivity contribution in [3.63, 3.8) is 0 Å². The molecule has 1 atom stereocenters. The Bertz CT molecular complexity index is 199. The summed E-state index contributed by atoms with van der Waals surface area (Å²) < 4.78 is 4.50. The van der Waals surface area contributed by atoms with Gasteiger partial charge in [0.2, 0.25) is 0 Å². The summed E-state index contributed by atoms with van der Waals surface area (Å²) in [5.74, 6) is -0.270. The summed E-state index contributed by atoms with van der Waals surface area (Å²) in [6.45, 7) is 7.97. The van der Waals surface area contributed by atoms with Crippen molar-refractivity contribution in [1.82, 2.24) is 5.32 Å². The van der Waals surface area contributed by atoms with E-state index in [2.05, 4.69) is 30.8 Å². The highest BCUT2D eigenvalue weighted by Gasteiger charge is 2.11. The lowest BCUT2D eigenvalue weighted by Gasteiger charge is -2.19. The van der Waals surface area contributed by atoms with Crippen LogP contribution in [0.25, 0.3) is 0 Å². The van der Waals surface area contributed by atoms with E-state index in [-0.39, 0.29) is 12.4 Å². The lowest BCUT2D eigenvalue weighted by atomic mass is 9.92. The van der Waals surface area contributed by atoms with Crippen LogP contribution in [0.15, 0.2) is 0 Å². The quantitative estimate of drug-likeness (QED) is 0.512. The zero-order chi connectivity index (χ0) is 12.6. The van der Waals surface area contributed by atoms with Gasteiger partial charge in [0.05, 0.1) is 13.2 Å². The summed E-state index contributed by atoms with van der Waals surface area (Å²) >= 11 is 0. The molecule has 16 heavy (non-hydrogen) atoms. The van der Waals surface area contributed by atoms with Crippen molar-refractivity contribution in [1.29, 1.82) is 0 Å².